The van der Waals surface area contributed by atoms with E-state index in [4.69, 9.17) is 5.73 Å². The van der Waals surface area contributed by atoms with Crippen molar-refractivity contribution in [1.29, 1.82) is 0 Å². The van der Waals surface area contributed by atoms with E-state index in [0.29, 0.717) is 25.2 Å². The smallest absolute Gasteiger partial charge is 0.227 e. The summed E-state index contributed by atoms with van der Waals surface area (Å²) in [5, 5.41) is 0. The molecule has 1 fully saturated rings. The molecule has 1 aliphatic heterocycles. The predicted molar refractivity (Wildman–Crippen MR) is 83.3 cm³/mol. The molecule has 1 saturated heterocycles. The lowest BCUT2D eigenvalue weighted by atomic mass is 10.1. The van der Waals surface area contributed by atoms with E-state index in [1.54, 1.807) is 4.90 Å². The highest BCUT2D eigenvalue weighted by atomic mass is 32.2. The minimum absolute atomic E-state index is 0.0175. The lowest BCUT2D eigenvalue weighted by Crippen LogP contribution is -2.37. The molecule has 1 atom stereocenters. The first-order valence-corrected chi connectivity index (χ1v) is 9.07. The molecule has 1 aromatic rings. The van der Waals surface area contributed by atoms with Gasteiger partial charge in [-0.05, 0) is 24.5 Å². The van der Waals surface area contributed by atoms with Gasteiger partial charge in [0.1, 0.15) is 0 Å². The zero-order valence-corrected chi connectivity index (χ0v) is 13.1. The van der Waals surface area contributed by atoms with Gasteiger partial charge in [0, 0.05) is 18.8 Å². The number of hydrogen-bond donors (Lipinski definition) is 1. The first kappa shape index (κ1) is 15.8. The van der Waals surface area contributed by atoms with E-state index >= 15 is 0 Å². The Morgan fingerprint density at radius 2 is 2.10 bits per heavy atom. The van der Waals surface area contributed by atoms with Gasteiger partial charge in [0.15, 0.2) is 9.84 Å². The minimum atomic E-state index is -3.04. The minimum Gasteiger partial charge on any atom is -0.398 e. The number of para-hydroxylation sites is 1. The molecular formula is C15H22N2O3S. The van der Waals surface area contributed by atoms with Crippen LogP contribution in [0.2, 0.25) is 0 Å². The van der Waals surface area contributed by atoms with Gasteiger partial charge in [0.05, 0.1) is 17.4 Å². The van der Waals surface area contributed by atoms with Crippen molar-refractivity contribution in [2.45, 2.75) is 26.3 Å². The molecule has 1 aromatic carbocycles. The second-order valence-electron chi connectivity index (χ2n) is 5.56. The SMILES string of the molecule is CCCN(Cc1ccccc1N)C(=O)C1CCS(=O)(=O)C1. The first-order chi connectivity index (χ1) is 9.93. The van der Waals surface area contributed by atoms with Crippen LogP contribution in [0.3, 0.4) is 0 Å². The van der Waals surface area contributed by atoms with Crippen LogP contribution in [0.1, 0.15) is 25.3 Å². The summed E-state index contributed by atoms with van der Waals surface area (Å²) in [5.74, 6) is -0.361. The average molecular weight is 310 g/mol. The summed E-state index contributed by atoms with van der Waals surface area (Å²) in [7, 11) is -3.04. The third kappa shape index (κ3) is 3.97. The summed E-state index contributed by atoms with van der Waals surface area (Å²) in [6, 6.07) is 7.45. The molecule has 1 amide bonds. The molecule has 0 saturated carbocycles. The summed E-state index contributed by atoms with van der Waals surface area (Å²) in [6.07, 6.45) is 1.27. The van der Waals surface area contributed by atoms with E-state index in [0.717, 1.165) is 12.0 Å². The van der Waals surface area contributed by atoms with Gasteiger partial charge in [-0.3, -0.25) is 4.79 Å². The maximum atomic E-state index is 12.6. The van der Waals surface area contributed by atoms with Gasteiger partial charge >= 0.3 is 0 Å². The van der Waals surface area contributed by atoms with Crippen molar-refractivity contribution in [1.82, 2.24) is 4.90 Å². The molecule has 116 valence electrons. The second-order valence-corrected chi connectivity index (χ2v) is 7.79. The molecule has 6 heteroatoms. The lowest BCUT2D eigenvalue weighted by Gasteiger charge is -2.25. The maximum absolute atomic E-state index is 12.6. The summed E-state index contributed by atoms with van der Waals surface area (Å²) in [4.78, 5) is 14.3. The number of amides is 1. The molecule has 1 aliphatic rings. The van der Waals surface area contributed by atoms with E-state index in [1.165, 1.54) is 0 Å². The number of hydrogen-bond acceptors (Lipinski definition) is 4. The fourth-order valence-electron chi connectivity index (χ4n) is 2.67. The standard InChI is InChI=1S/C15H22N2O3S/c1-2-8-17(10-12-5-3-4-6-14(12)16)15(18)13-7-9-21(19,20)11-13/h3-6,13H,2,7-11,16H2,1H3. The molecule has 0 radical (unpaired) electrons. The number of carbonyl (C=O) groups is 1. The molecule has 0 aliphatic carbocycles. The highest BCUT2D eigenvalue weighted by Crippen LogP contribution is 2.23. The molecule has 2 N–H and O–H groups in total. The van der Waals surface area contributed by atoms with Crippen molar-refractivity contribution in [2.24, 2.45) is 5.92 Å². The second kappa shape index (κ2) is 6.47. The fraction of sp³-hybridized carbons (Fsp3) is 0.533. The zero-order valence-electron chi connectivity index (χ0n) is 12.3. The third-order valence-corrected chi connectivity index (χ3v) is 5.57. The van der Waals surface area contributed by atoms with Gasteiger partial charge in [-0.15, -0.1) is 0 Å². The normalized spacial score (nSPS) is 20.3. The molecule has 0 bridgehead atoms. The number of carbonyl (C=O) groups excluding carboxylic acids is 1. The molecule has 0 spiro atoms. The number of anilines is 1. The Hall–Kier alpha value is -1.56. The largest absolute Gasteiger partial charge is 0.398 e. The van der Waals surface area contributed by atoms with Crippen LogP contribution in [-0.4, -0.2) is 37.3 Å². The molecule has 5 nitrogen and oxygen atoms in total. The summed E-state index contributed by atoms with van der Waals surface area (Å²) in [5.41, 5.74) is 7.49. The highest BCUT2D eigenvalue weighted by Gasteiger charge is 2.35. The molecule has 2 rings (SSSR count). The van der Waals surface area contributed by atoms with Crippen molar-refractivity contribution in [3.05, 3.63) is 29.8 Å². The Morgan fingerprint density at radius 3 is 2.67 bits per heavy atom. The summed E-state index contributed by atoms with van der Waals surface area (Å²) in [6.45, 7) is 3.06. The lowest BCUT2D eigenvalue weighted by molar-refractivity contribution is -0.135. The Bertz CT molecular complexity index is 613. The number of rotatable bonds is 5. The van der Waals surface area contributed by atoms with Gasteiger partial charge in [-0.25, -0.2) is 8.42 Å². The Balaban J connectivity index is 2.12. The van der Waals surface area contributed by atoms with Crippen molar-refractivity contribution >= 4 is 21.4 Å². The molecule has 1 heterocycles. The van der Waals surface area contributed by atoms with Crippen LogP contribution in [0.4, 0.5) is 5.69 Å². The number of benzene rings is 1. The highest BCUT2D eigenvalue weighted by molar-refractivity contribution is 7.91. The van der Waals surface area contributed by atoms with Crippen molar-refractivity contribution in [3.63, 3.8) is 0 Å². The van der Waals surface area contributed by atoms with E-state index in [1.807, 2.05) is 31.2 Å². The first-order valence-electron chi connectivity index (χ1n) is 7.25. The average Bonchev–Trinajstić information content (AvgIpc) is 2.80. The number of nitrogens with two attached hydrogens (primary N) is 1. The van der Waals surface area contributed by atoms with Crippen molar-refractivity contribution in [2.75, 3.05) is 23.8 Å². The molecule has 0 aromatic heterocycles. The van der Waals surface area contributed by atoms with Crippen LogP contribution in [0, 0.1) is 5.92 Å². The van der Waals surface area contributed by atoms with E-state index < -0.39 is 15.8 Å². The van der Waals surface area contributed by atoms with Crippen molar-refractivity contribution in [3.8, 4) is 0 Å². The van der Waals surface area contributed by atoms with Crippen LogP contribution in [0.5, 0.6) is 0 Å². The van der Waals surface area contributed by atoms with E-state index in [-0.39, 0.29) is 17.4 Å². The topological polar surface area (TPSA) is 80.5 Å². The van der Waals surface area contributed by atoms with E-state index in [2.05, 4.69) is 0 Å². The molecule has 1 unspecified atom stereocenters. The van der Waals surface area contributed by atoms with Gasteiger partial charge in [0.25, 0.3) is 0 Å². The van der Waals surface area contributed by atoms with Gasteiger partial charge < -0.3 is 10.6 Å². The predicted octanol–water partition coefficient (Wildman–Crippen LogP) is 1.44. The molecular weight excluding hydrogens is 288 g/mol. The quantitative estimate of drug-likeness (QED) is 0.835. The number of nitrogen functional groups attached to an aromatic ring is 1. The molecule has 21 heavy (non-hydrogen) atoms. The Labute approximate surface area is 126 Å². The number of sulfone groups is 1. The van der Waals surface area contributed by atoms with Crippen molar-refractivity contribution < 1.29 is 13.2 Å². The fourth-order valence-corrected chi connectivity index (χ4v) is 4.40. The van der Waals surface area contributed by atoms with Gasteiger partial charge in [-0.1, -0.05) is 25.1 Å². The van der Waals surface area contributed by atoms with Crippen LogP contribution < -0.4 is 5.73 Å². The maximum Gasteiger partial charge on any atom is 0.227 e. The van der Waals surface area contributed by atoms with Crippen LogP contribution in [0.15, 0.2) is 24.3 Å². The van der Waals surface area contributed by atoms with E-state index in [9.17, 15) is 13.2 Å². The van der Waals surface area contributed by atoms with Gasteiger partial charge in [-0.2, -0.15) is 0 Å². The number of nitrogens with zero attached hydrogens (tertiary/aromatic N) is 1. The summed E-state index contributed by atoms with van der Waals surface area (Å²) >= 11 is 0. The van der Waals surface area contributed by atoms with Crippen LogP contribution in [0.25, 0.3) is 0 Å². The monoisotopic (exact) mass is 310 g/mol. The summed E-state index contributed by atoms with van der Waals surface area (Å²) < 4.78 is 23.1. The Kier molecular flexibility index (Phi) is 4.88. The van der Waals surface area contributed by atoms with Gasteiger partial charge in [0.2, 0.25) is 5.91 Å². The zero-order chi connectivity index (χ0) is 15.5. The third-order valence-electron chi connectivity index (χ3n) is 3.80. The Morgan fingerprint density at radius 1 is 1.38 bits per heavy atom. The van der Waals surface area contributed by atoms with Crippen LogP contribution in [-0.2, 0) is 21.2 Å². The van der Waals surface area contributed by atoms with Crippen LogP contribution >= 0.6 is 0 Å².